The van der Waals surface area contributed by atoms with E-state index in [1.54, 1.807) is 11.9 Å². The summed E-state index contributed by atoms with van der Waals surface area (Å²) < 4.78 is 5.39. The van der Waals surface area contributed by atoms with Crippen LogP contribution in [0.25, 0.3) is 11.3 Å². The van der Waals surface area contributed by atoms with Gasteiger partial charge in [0.25, 0.3) is 5.91 Å². The van der Waals surface area contributed by atoms with Gasteiger partial charge in [-0.1, -0.05) is 35.5 Å². The van der Waals surface area contributed by atoms with Crippen molar-refractivity contribution in [2.45, 2.75) is 17.7 Å². The van der Waals surface area contributed by atoms with Crippen molar-refractivity contribution in [2.75, 3.05) is 27.2 Å². The van der Waals surface area contributed by atoms with Crippen LogP contribution >= 0.6 is 23.4 Å². The van der Waals surface area contributed by atoms with E-state index in [0.29, 0.717) is 23.6 Å². The van der Waals surface area contributed by atoms with E-state index in [2.05, 4.69) is 22.1 Å². The minimum Gasteiger partial charge on any atom is -0.359 e. The Hall–Kier alpha value is -2.25. The van der Waals surface area contributed by atoms with Crippen molar-refractivity contribution in [3.05, 3.63) is 52.6 Å². The molecule has 0 N–H and O–H groups in total. The molecule has 1 aromatic carbocycles. The van der Waals surface area contributed by atoms with Crippen LogP contribution in [0.4, 0.5) is 0 Å². The minimum atomic E-state index is -0.0535. The van der Waals surface area contributed by atoms with Crippen LogP contribution in [0.5, 0.6) is 0 Å². The zero-order valence-corrected chi connectivity index (χ0v) is 17.3. The van der Waals surface area contributed by atoms with E-state index in [9.17, 15) is 4.79 Å². The van der Waals surface area contributed by atoms with Gasteiger partial charge in [0, 0.05) is 37.8 Å². The van der Waals surface area contributed by atoms with Crippen molar-refractivity contribution < 1.29 is 9.32 Å². The third kappa shape index (κ3) is 3.95. The molecule has 1 unspecified atom stereocenters. The SMILES string of the molecule is CN(Cc1cc(-c2ccc(C3=NCCN3C)cc2)no1)C(=O)C1=CCC(Cl)S1. The maximum Gasteiger partial charge on any atom is 0.260 e. The standard InChI is InChI=1S/C20H21ClN4O2S/c1-24-10-9-22-19(24)14-5-3-13(4-6-14)16-11-15(27-23-16)12-25(2)20(26)17-7-8-18(21)28-17/h3-7,11,18H,8-10,12H2,1-2H3. The number of carbonyl (C=O) groups is 1. The van der Waals surface area contributed by atoms with Crippen LogP contribution in [0.1, 0.15) is 17.7 Å². The quantitative estimate of drug-likeness (QED) is 0.697. The van der Waals surface area contributed by atoms with E-state index in [1.165, 1.54) is 11.8 Å². The molecule has 1 atom stereocenters. The number of nitrogens with zero attached hydrogens (tertiary/aromatic N) is 4. The van der Waals surface area contributed by atoms with Gasteiger partial charge in [-0.25, -0.2) is 0 Å². The number of amides is 1. The summed E-state index contributed by atoms with van der Waals surface area (Å²) in [5.74, 6) is 1.61. The lowest BCUT2D eigenvalue weighted by atomic mass is 10.1. The van der Waals surface area contributed by atoms with E-state index < -0.39 is 0 Å². The van der Waals surface area contributed by atoms with E-state index in [1.807, 2.05) is 36.4 Å². The lowest BCUT2D eigenvalue weighted by Gasteiger charge is -2.15. The van der Waals surface area contributed by atoms with Gasteiger partial charge in [0.2, 0.25) is 0 Å². The molecule has 1 amide bonds. The summed E-state index contributed by atoms with van der Waals surface area (Å²) in [5.41, 5.74) is 2.81. The van der Waals surface area contributed by atoms with Gasteiger partial charge in [0.05, 0.1) is 22.7 Å². The summed E-state index contributed by atoms with van der Waals surface area (Å²) in [5, 5.41) is 4.16. The highest BCUT2D eigenvalue weighted by Crippen LogP contribution is 2.35. The summed E-state index contributed by atoms with van der Waals surface area (Å²) in [6.07, 6.45) is 2.60. The van der Waals surface area contributed by atoms with Crippen LogP contribution in [0.3, 0.4) is 0 Å². The molecule has 28 heavy (non-hydrogen) atoms. The number of aromatic nitrogens is 1. The number of amidine groups is 1. The Bertz CT molecular complexity index is 938. The van der Waals surface area contributed by atoms with E-state index in [-0.39, 0.29) is 10.6 Å². The zero-order chi connectivity index (χ0) is 19.7. The molecule has 8 heteroatoms. The average molecular weight is 417 g/mol. The fourth-order valence-electron chi connectivity index (χ4n) is 3.22. The highest BCUT2D eigenvalue weighted by atomic mass is 35.5. The molecule has 2 aliphatic heterocycles. The van der Waals surface area contributed by atoms with Gasteiger partial charge < -0.3 is 14.3 Å². The second-order valence-corrected chi connectivity index (χ2v) is 8.91. The monoisotopic (exact) mass is 416 g/mol. The van der Waals surface area contributed by atoms with Crippen molar-refractivity contribution in [3.63, 3.8) is 0 Å². The predicted molar refractivity (Wildman–Crippen MR) is 112 cm³/mol. The number of allylic oxidation sites excluding steroid dienone is 1. The van der Waals surface area contributed by atoms with Crippen molar-refractivity contribution in [1.29, 1.82) is 0 Å². The summed E-state index contributed by atoms with van der Waals surface area (Å²) in [7, 11) is 3.80. The molecule has 2 aromatic rings. The Labute approximate surface area is 173 Å². The fourth-order valence-corrected chi connectivity index (χ4v) is 4.52. The molecule has 0 bridgehead atoms. The van der Waals surface area contributed by atoms with E-state index in [0.717, 1.165) is 35.7 Å². The third-order valence-electron chi connectivity index (χ3n) is 4.75. The van der Waals surface area contributed by atoms with E-state index >= 15 is 0 Å². The molecule has 3 heterocycles. The molecule has 1 aromatic heterocycles. The molecule has 0 saturated heterocycles. The maximum absolute atomic E-state index is 12.5. The van der Waals surface area contributed by atoms with Gasteiger partial charge in [-0.15, -0.1) is 23.4 Å². The maximum atomic E-state index is 12.5. The molecular weight excluding hydrogens is 396 g/mol. The first-order chi connectivity index (χ1) is 13.5. The summed E-state index contributed by atoms with van der Waals surface area (Å²) in [6, 6.07) is 10.00. The number of benzene rings is 1. The normalized spacial score (nSPS) is 19.0. The topological polar surface area (TPSA) is 61.9 Å². The molecule has 146 valence electrons. The number of rotatable bonds is 5. The Morgan fingerprint density at radius 2 is 2.11 bits per heavy atom. The zero-order valence-electron chi connectivity index (χ0n) is 15.8. The average Bonchev–Trinajstić information content (AvgIpc) is 3.43. The number of alkyl halides is 1. The first kappa shape index (κ1) is 19.1. The van der Waals surface area contributed by atoms with Crippen LogP contribution in [0.15, 0.2) is 50.8 Å². The number of carbonyl (C=O) groups excluding carboxylic acids is 1. The van der Waals surface area contributed by atoms with Gasteiger partial charge in [-0.2, -0.15) is 0 Å². The molecule has 0 saturated carbocycles. The van der Waals surface area contributed by atoms with Crippen LogP contribution in [-0.4, -0.2) is 58.6 Å². The van der Waals surface area contributed by atoms with Crippen LogP contribution in [0.2, 0.25) is 0 Å². The summed E-state index contributed by atoms with van der Waals surface area (Å²) in [4.78, 5) is 21.5. The number of thioether (sulfide) groups is 1. The molecule has 6 nitrogen and oxygen atoms in total. The Morgan fingerprint density at radius 3 is 2.75 bits per heavy atom. The lowest BCUT2D eigenvalue weighted by molar-refractivity contribution is -0.125. The number of hydrogen-bond acceptors (Lipinski definition) is 6. The number of aliphatic imine (C=N–C) groups is 1. The molecule has 0 aliphatic carbocycles. The second kappa shape index (κ2) is 8.01. The minimum absolute atomic E-state index is 0.0445. The van der Waals surface area contributed by atoms with Crippen molar-refractivity contribution in [1.82, 2.24) is 15.0 Å². The Kier molecular flexibility index (Phi) is 5.46. The van der Waals surface area contributed by atoms with Crippen LogP contribution in [0, 0.1) is 0 Å². The van der Waals surface area contributed by atoms with Crippen molar-refractivity contribution in [2.24, 2.45) is 4.99 Å². The molecule has 0 radical (unpaired) electrons. The summed E-state index contributed by atoms with van der Waals surface area (Å²) >= 11 is 7.45. The van der Waals surface area contributed by atoms with Gasteiger partial charge in [-0.3, -0.25) is 9.79 Å². The van der Waals surface area contributed by atoms with Gasteiger partial charge in [0.1, 0.15) is 11.5 Å². The number of hydrogen-bond donors (Lipinski definition) is 0. The molecule has 4 rings (SSSR count). The van der Waals surface area contributed by atoms with E-state index in [4.69, 9.17) is 16.1 Å². The highest BCUT2D eigenvalue weighted by molar-refractivity contribution is 8.05. The van der Waals surface area contributed by atoms with Gasteiger partial charge >= 0.3 is 0 Å². The highest BCUT2D eigenvalue weighted by Gasteiger charge is 2.24. The van der Waals surface area contributed by atoms with Crippen LogP contribution < -0.4 is 0 Å². The molecule has 0 fully saturated rings. The second-order valence-electron chi connectivity index (χ2n) is 6.88. The van der Waals surface area contributed by atoms with Crippen molar-refractivity contribution in [3.8, 4) is 11.3 Å². The molecule has 0 spiro atoms. The Balaban J connectivity index is 1.42. The first-order valence-corrected chi connectivity index (χ1v) is 10.4. The van der Waals surface area contributed by atoms with Crippen molar-refractivity contribution >= 4 is 35.1 Å². The largest absolute Gasteiger partial charge is 0.359 e. The van der Waals surface area contributed by atoms with Crippen LogP contribution in [-0.2, 0) is 11.3 Å². The fraction of sp³-hybridized carbons (Fsp3) is 0.350. The van der Waals surface area contributed by atoms with Gasteiger partial charge in [-0.05, 0) is 6.42 Å². The molecular formula is C20H21ClN4O2S. The third-order valence-corrected chi connectivity index (χ3v) is 6.24. The summed E-state index contributed by atoms with van der Waals surface area (Å²) in [6.45, 7) is 2.15. The van der Waals surface area contributed by atoms with Gasteiger partial charge in [0.15, 0.2) is 5.76 Å². The number of likely N-dealkylation sites (N-methyl/N-ethyl adjacent to an activating group) is 2. The number of halogens is 1. The molecule has 2 aliphatic rings. The smallest absolute Gasteiger partial charge is 0.260 e. The Morgan fingerprint density at radius 1 is 1.36 bits per heavy atom. The predicted octanol–water partition coefficient (Wildman–Crippen LogP) is 3.58. The first-order valence-electron chi connectivity index (χ1n) is 9.09. The lowest BCUT2D eigenvalue weighted by Crippen LogP contribution is -2.26.